The maximum absolute atomic E-state index is 12.3. The highest BCUT2D eigenvalue weighted by atomic mass is 16.5. The first-order valence-electron chi connectivity index (χ1n) is 8.30. The van der Waals surface area contributed by atoms with Crippen molar-refractivity contribution in [3.05, 3.63) is 51.3 Å². The lowest BCUT2D eigenvalue weighted by molar-refractivity contribution is 0.0691. The van der Waals surface area contributed by atoms with Crippen molar-refractivity contribution in [3.8, 4) is 17.0 Å². The maximum atomic E-state index is 12.3. The van der Waals surface area contributed by atoms with Crippen LogP contribution in [0.1, 0.15) is 40.7 Å². The molecule has 1 aromatic heterocycles. The minimum atomic E-state index is -1.20. The number of fused-ring (bicyclic) bond motifs is 4. The number of pyridine rings is 1. The quantitative estimate of drug-likeness (QED) is 0.893. The standard InChI is InChI=1S/C19H19NO5/c1-25-17-6-13-11(5-12(17)10-21)8-19(3-2-4-19)20-9-14(18(23)24)16(22)7-15(13)20/h5-7,9,21H,2-4,8,10H2,1H3,(H,23,24). The van der Waals surface area contributed by atoms with Crippen molar-refractivity contribution < 1.29 is 19.7 Å². The van der Waals surface area contributed by atoms with Gasteiger partial charge in [-0.25, -0.2) is 4.79 Å². The van der Waals surface area contributed by atoms with Crippen LogP contribution < -0.4 is 10.2 Å². The Hall–Kier alpha value is -2.60. The van der Waals surface area contributed by atoms with Crippen molar-refractivity contribution in [1.82, 2.24) is 4.57 Å². The molecular weight excluding hydrogens is 322 g/mol. The lowest BCUT2D eigenvalue weighted by Gasteiger charge is -2.48. The summed E-state index contributed by atoms with van der Waals surface area (Å²) in [5.74, 6) is -0.638. The first-order valence-corrected chi connectivity index (χ1v) is 8.30. The van der Waals surface area contributed by atoms with Crippen LogP contribution in [0.15, 0.2) is 29.2 Å². The Bertz CT molecular complexity index is 940. The first kappa shape index (κ1) is 15.9. The summed E-state index contributed by atoms with van der Waals surface area (Å²) in [7, 11) is 1.54. The highest BCUT2D eigenvalue weighted by molar-refractivity contribution is 5.88. The van der Waals surface area contributed by atoms with E-state index in [0.717, 1.165) is 42.5 Å². The maximum Gasteiger partial charge on any atom is 0.341 e. The van der Waals surface area contributed by atoms with Crippen molar-refractivity contribution in [1.29, 1.82) is 0 Å². The Morgan fingerprint density at radius 3 is 2.64 bits per heavy atom. The van der Waals surface area contributed by atoms with E-state index in [1.54, 1.807) is 0 Å². The average Bonchev–Trinajstić information content (AvgIpc) is 2.57. The van der Waals surface area contributed by atoms with E-state index >= 15 is 0 Å². The van der Waals surface area contributed by atoms with E-state index in [9.17, 15) is 19.8 Å². The molecule has 1 aliphatic heterocycles. The van der Waals surface area contributed by atoms with Crippen molar-refractivity contribution in [2.24, 2.45) is 0 Å². The number of carboxylic acids is 1. The minimum absolute atomic E-state index is 0.117. The number of aliphatic hydroxyl groups excluding tert-OH is 1. The number of methoxy groups -OCH3 is 1. The molecule has 130 valence electrons. The summed E-state index contributed by atoms with van der Waals surface area (Å²) in [6, 6.07) is 5.19. The average molecular weight is 341 g/mol. The molecule has 1 fully saturated rings. The first-order chi connectivity index (χ1) is 12.0. The second kappa shape index (κ2) is 5.46. The molecule has 1 saturated carbocycles. The molecule has 2 N–H and O–H groups in total. The number of hydrogen-bond acceptors (Lipinski definition) is 4. The van der Waals surface area contributed by atoms with Crippen LogP contribution in [-0.2, 0) is 18.6 Å². The number of hydrogen-bond donors (Lipinski definition) is 2. The lowest BCUT2D eigenvalue weighted by atomic mass is 9.69. The fourth-order valence-corrected chi connectivity index (χ4v) is 4.11. The Morgan fingerprint density at radius 1 is 1.32 bits per heavy atom. The van der Waals surface area contributed by atoms with Crippen LogP contribution in [-0.4, -0.2) is 27.9 Å². The third kappa shape index (κ3) is 2.21. The van der Waals surface area contributed by atoms with Crippen molar-refractivity contribution >= 4 is 5.97 Å². The number of aromatic nitrogens is 1. The van der Waals surface area contributed by atoms with Gasteiger partial charge < -0.3 is 19.5 Å². The molecule has 25 heavy (non-hydrogen) atoms. The summed E-state index contributed by atoms with van der Waals surface area (Å²) in [5, 5.41) is 18.9. The number of nitrogens with zero attached hydrogens (tertiary/aromatic N) is 1. The topological polar surface area (TPSA) is 88.8 Å². The number of aliphatic hydroxyl groups is 1. The number of carboxylic acid groups (broad SMARTS) is 1. The molecule has 0 saturated heterocycles. The van der Waals surface area contributed by atoms with Gasteiger partial charge >= 0.3 is 5.97 Å². The summed E-state index contributed by atoms with van der Waals surface area (Å²) in [4.78, 5) is 23.7. The van der Waals surface area contributed by atoms with Gasteiger partial charge in [-0.2, -0.15) is 0 Å². The van der Waals surface area contributed by atoms with Crippen LogP contribution in [0, 0.1) is 0 Å². The van der Waals surface area contributed by atoms with Crippen molar-refractivity contribution in [2.75, 3.05) is 7.11 Å². The zero-order chi connectivity index (χ0) is 17.8. The normalized spacial score (nSPS) is 16.7. The molecule has 6 heteroatoms. The molecular formula is C19H19NO5. The molecule has 2 heterocycles. The number of benzene rings is 1. The largest absolute Gasteiger partial charge is 0.496 e. The van der Waals surface area contributed by atoms with E-state index in [4.69, 9.17) is 4.74 Å². The molecule has 0 atom stereocenters. The van der Waals surface area contributed by atoms with Crippen molar-refractivity contribution in [2.45, 2.75) is 37.8 Å². The number of ether oxygens (including phenoxy) is 1. The Labute approximate surface area is 144 Å². The van der Waals surface area contributed by atoms with Gasteiger partial charge in [-0.3, -0.25) is 4.79 Å². The van der Waals surface area contributed by atoms with Crippen molar-refractivity contribution in [3.63, 3.8) is 0 Å². The zero-order valence-corrected chi connectivity index (χ0v) is 13.9. The fourth-order valence-electron chi connectivity index (χ4n) is 4.11. The number of carbonyl (C=O) groups is 1. The van der Waals surface area contributed by atoms with E-state index in [-0.39, 0.29) is 17.7 Å². The van der Waals surface area contributed by atoms with E-state index in [1.165, 1.54) is 19.4 Å². The monoisotopic (exact) mass is 341 g/mol. The second-order valence-electron chi connectivity index (χ2n) is 6.85. The van der Waals surface area contributed by atoms with Gasteiger partial charge in [0.05, 0.1) is 19.4 Å². The van der Waals surface area contributed by atoms with Crippen LogP contribution in [0.5, 0.6) is 5.75 Å². The van der Waals surface area contributed by atoms with Gasteiger partial charge in [-0.1, -0.05) is 0 Å². The van der Waals surface area contributed by atoms with Crippen LogP contribution in [0.4, 0.5) is 0 Å². The molecule has 1 aliphatic carbocycles. The zero-order valence-electron chi connectivity index (χ0n) is 13.9. The molecule has 0 unspecified atom stereocenters. The van der Waals surface area contributed by atoms with Gasteiger partial charge in [0.25, 0.3) is 0 Å². The summed E-state index contributed by atoms with van der Waals surface area (Å²) >= 11 is 0. The molecule has 0 amide bonds. The highest BCUT2D eigenvalue weighted by Gasteiger charge is 2.43. The number of rotatable bonds is 3. The Kier molecular flexibility index (Phi) is 3.47. The van der Waals surface area contributed by atoms with E-state index < -0.39 is 11.4 Å². The fraction of sp³-hybridized carbons (Fsp3) is 0.368. The SMILES string of the molecule is COc1cc2c(cc1CO)CC1(CCC1)n1cc(C(=O)O)c(=O)cc1-2. The van der Waals surface area contributed by atoms with Gasteiger partial charge in [-0.15, -0.1) is 0 Å². The molecule has 6 nitrogen and oxygen atoms in total. The summed E-state index contributed by atoms with van der Waals surface area (Å²) < 4.78 is 7.33. The summed E-state index contributed by atoms with van der Waals surface area (Å²) in [5.41, 5.74) is 2.49. The summed E-state index contributed by atoms with van der Waals surface area (Å²) in [6.45, 7) is -0.117. The molecule has 4 rings (SSSR count). The predicted molar refractivity (Wildman–Crippen MR) is 91.1 cm³/mol. The minimum Gasteiger partial charge on any atom is -0.496 e. The van der Waals surface area contributed by atoms with Gasteiger partial charge in [0, 0.05) is 28.9 Å². The van der Waals surface area contributed by atoms with Gasteiger partial charge in [-0.05, 0) is 43.4 Å². The van der Waals surface area contributed by atoms with Gasteiger partial charge in [0.1, 0.15) is 11.3 Å². The molecule has 2 aromatic rings. The van der Waals surface area contributed by atoms with E-state index in [0.29, 0.717) is 11.3 Å². The lowest BCUT2D eigenvalue weighted by Crippen LogP contribution is -2.46. The molecule has 2 aliphatic rings. The number of aromatic carboxylic acids is 1. The smallest absolute Gasteiger partial charge is 0.341 e. The van der Waals surface area contributed by atoms with Crippen LogP contribution in [0.3, 0.4) is 0 Å². The van der Waals surface area contributed by atoms with E-state index in [2.05, 4.69) is 0 Å². The second-order valence-corrected chi connectivity index (χ2v) is 6.85. The molecule has 0 radical (unpaired) electrons. The van der Waals surface area contributed by atoms with Gasteiger partial charge in [0.15, 0.2) is 5.43 Å². The highest BCUT2D eigenvalue weighted by Crippen LogP contribution is 2.49. The molecule has 0 bridgehead atoms. The Balaban J connectivity index is 2.01. The molecule has 1 aromatic carbocycles. The Morgan fingerprint density at radius 2 is 2.08 bits per heavy atom. The van der Waals surface area contributed by atoms with Crippen LogP contribution in [0.25, 0.3) is 11.3 Å². The summed E-state index contributed by atoms with van der Waals surface area (Å²) in [6.07, 6.45) is 5.22. The molecule has 1 spiro atoms. The van der Waals surface area contributed by atoms with E-state index in [1.807, 2.05) is 16.7 Å². The third-order valence-electron chi connectivity index (χ3n) is 5.55. The van der Waals surface area contributed by atoms with Crippen LogP contribution >= 0.6 is 0 Å². The van der Waals surface area contributed by atoms with Crippen LogP contribution in [0.2, 0.25) is 0 Å². The van der Waals surface area contributed by atoms with Gasteiger partial charge in [0.2, 0.25) is 0 Å². The predicted octanol–water partition coefficient (Wildman–Crippen LogP) is 2.15. The third-order valence-corrected chi connectivity index (χ3v) is 5.55.